The predicted molar refractivity (Wildman–Crippen MR) is 120 cm³/mol. The molecular formula is C23H30N6O2. The van der Waals surface area contributed by atoms with Gasteiger partial charge in [0.25, 0.3) is 5.91 Å². The maximum Gasteiger partial charge on any atom is 0.253 e. The van der Waals surface area contributed by atoms with Crippen LogP contribution in [0.2, 0.25) is 0 Å². The zero-order chi connectivity index (χ0) is 22.0. The highest BCUT2D eigenvalue weighted by Gasteiger charge is 2.20. The molecule has 1 saturated carbocycles. The van der Waals surface area contributed by atoms with Gasteiger partial charge in [0, 0.05) is 42.0 Å². The summed E-state index contributed by atoms with van der Waals surface area (Å²) in [5.41, 5.74) is 4.21. The van der Waals surface area contributed by atoms with Gasteiger partial charge >= 0.3 is 0 Å². The number of aliphatic hydroxyl groups is 1. The van der Waals surface area contributed by atoms with Crippen molar-refractivity contribution in [2.75, 3.05) is 5.32 Å². The Kier molecular flexibility index (Phi) is 6.18. The topological polar surface area (TPSA) is 105 Å². The summed E-state index contributed by atoms with van der Waals surface area (Å²) in [6.07, 6.45) is 4.88. The van der Waals surface area contributed by atoms with Crippen LogP contribution in [0.15, 0.2) is 24.4 Å². The zero-order valence-corrected chi connectivity index (χ0v) is 18.4. The highest BCUT2D eigenvalue weighted by Crippen LogP contribution is 2.23. The van der Waals surface area contributed by atoms with Gasteiger partial charge in [-0.25, -0.2) is 9.97 Å². The summed E-state index contributed by atoms with van der Waals surface area (Å²) >= 11 is 0. The Morgan fingerprint density at radius 2 is 2.00 bits per heavy atom. The second-order valence-electron chi connectivity index (χ2n) is 8.23. The Hall–Kier alpha value is -3.00. The molecule has 1 aromatic carbocycles. The summed E-state index contributed by atoms with van der Waals surface area (Å²) in [7, 11) is 0. The molecule has 3 N–H and O–H groups in total. The molecule has 0 radical (unpaired) electrons. The Morgan fingerprint density at radius 3 is 2.71 bits per heavy atom. The van der Waals surface area contributed by atoms with Gasteiger partial charge in [-0.05, 0) is 52.5 Å². The van der Waals surface area contributed by atoms with Gasteiger partial charge in [0.2, 0.25) is 5.95 Å². The number of carbonyl (C=O) groups excluding carboxylic acids is 1. The summed E-state index contributed by atoms with van der Waals surface area (Å²) in [5.74, 6) is 0.351. The number of aliphatic hydroxyl groups excluding tert-OH is 1. The van der Waals surface area contributed by atoms with E-state index in [1.54, 1.807) is 12.3 Å². The average Bonchev–Trinajstić information content (AvgIpc) is 3.05. The summed E-state index contributed by atoms with van der Waals surface area (Å²) in [6.45, 7) is 7.27. The largest absolute Gasteiger partial charge is 0.393 e. The number of nitrogens with zero attached hydrogens (tertiary/aromatic N) is 4. The minimum Gasteiger partial charge on any atom is -0.393 e. The second kappa shape index (κ2) is 9.01. The lowest BCUT2D eigenvalue weighted by molar-refractivity contribution is 0.0952. The molecule has 0 spiro atoms. The van der Waals surface area contributed by atoms with Gasteiger partial charge in [-0.2, -0.15) is 5.10 Å². The molecule has 4 rings (SSSR count). The maximum atomic E-state index is 13.0. The molecule has 1 amide bonds. The third-order valence-electron chi connectivity index (χ3n) is 6.14. The van der Waals surface area contributed by atoms with Gasteiger partial charge < -0.3 is 15.7 Å². The van der Waals surface area contributed by atoms with E-state index < -0.39 is 0 Å². The Labute approximate surface area is 182 Å². The second-order valence-corrected chi connectivity index (χ2v) is 8.23. The number of rotatable bonds is 6. The van der Waals surface area contributed by atoms with E-state index in [-0.39, 0.29) is 18.1 Å². The van der Waals surface area contributed by atoms with E-state index in [0.717, 1.165) is 54.6 Å². The molecule has 2 aromatic heterocycles. The lowest BCUT2D eigenvalue weighted by Gasteiger charge is -2.26. The summed E-state index contributed by atoms with van der Waals surface area (Å²) in [4.78, 5) is 22.1. The minimum atomic E-state index is -0.206. The third kappa shape index (κ3) is 4.54. The number of hydrogen-bond donors (Lipinski definition) is 3. The van der Waals surface area contributed by atoms with Gasteiger partial charge in [0.15, 0.2) is 0 Å². The number of carbonyl (C=O) groups is 1. The molecule has 0 aliphatic heterocycles. The van der Waals surface area contributed by atoms with Gasteiger partial charge in [-0.3, -0.25) is 9.48 Å². The number of anilines is 1. The van der Waals surface area contributed by atoms with Gasteiger partial charge in [-0.1, -0.05) is 12.1 Å². The number of fused-ring (bicyclic) bond motifs is 1. The first-order valence-electron chi connectivity index (χ1n) is 11.0. The molecule has 3 aromatic rings. The van der Waals surface area contributed by atoms with Crippen LogP contribution in [-0.4, -0.2) is 42.9 Å². The van der Waals surface area contributed by atoms with Crippen molar-refractivity contribution >= 4 is 22.8 Å². The van der Waals surface area contributed by atoms with E-state index in [9.17, 15) is 9.90 Å². The first-order chi connectivity index (χ1) is 15.0. The van der Waals surface area contributed by atoms with E-state index in [4.69, 9.17) is 0 Å². The van der Waals surface area contributed by atoms with Crippen molar-refractivity contribution in [3.8, 4) is 0 Å². The van der Waals surface area contributed by atoms with Gasteiger partial charge in [0.1, 0.15) is 0 Å². The standard InChI is InChI=1S/C23H30N6O2/c1-4-29-15(3)20(14(2)28-29)13-24-22(31)19-7-5-6-16-12-25-23(27-21(16)19)26-17-8-10-18(30)11-9-17/h5-7,12,17-18,30H,4,8-11,13H2,1-3H3,(H,24,31)(H,25,26,27)/t17-,18-. The molecule has 2 heterocycles. The number of aromatic nitrogens is 4. The third-order valence-corrected chi connectivity index (χ3v) is 6.14. The molecule has 1 fully saturated rings. The SMILES string of the molecule is CCn1nc(C)c(CNC(=O)c2cccc3cnc(N[C@H]4CC[C@H](O)CC4)nc23)c1C. The molecule has 0 unspecified atom stereocenters. The molecule has 0 bridgehead atoms. The summed E-state index contributed by atoms with van der Waals surface area (Å²) in [5, 5.41) is 21.4. The normalized spacial score (nSPS) is 18.8. The Balaban J connectivity index is 1.52. The van der Waals surface area contributed by atoms with Crippen LogP contribution >= 0.6 is 0 Å². The number of amides is 1. The fourth-order valence-electron chi connectivity index (χ4n) is 4.27. The van der Waals surface area contributed by atoms with Crippen molar-refractivity contribution in [3.63, 3.8) is 0 Å². The minimum absolute atomic E-state index is 0.168. The fourth-order valence-corrected chi connectivity index (χ4v) is 4.27. The molecule has 0 saturated heterocycles. The van der Waals surface area contributed by atoms with Crippen molar-refractivity contribution in [2.45, 2.75) is 71.7 Å². The average molecular weight is 423 g/mol. The molecule has 31 heavy (non-hydrogen) atoms. The number of nitrogens with one attached hydrogen (secondary N) is 2. The van der Waals surface area contributed by atoms with E-state index in [1.165, 1.54) is 0 Å². The molecule has 164 valence electrons. The van der Waals surface area contributed by atoms with E-state index >= 15 is 0 Å². The zero-order valence-electron chi connectivity index (χ0n) is 18.4. The van der Waals surface area contributed by atoms with Crippen LogP contribution in [0, 0.1) is 13.8 Å². The van der Waals surface area contributed by atoms with Crippen molar-refractivity contribution in [1.29, 1.82) is 0 Å². The van der Waals surface area contributed by atoms with Crippen molar-refractivity contribution in [2.24, 2.45) is 0 Å². The first kappa shape index (κ1) is 21.2. The Morgan fingerprint density at radius 1 is 1.23 bits per heavy atom. The molecule has 1 aliphatic carbocycles. The molecule has 8 nitrogen and oxygen atoms in total. The molecule has 1 aliphatic rings. The fraction of sp³-hybridized carbons (Fsp3) is 0.478. The highest BCUT2D eigenvalue weighted by molar-refractivity contribution is 6.05. The molecular weight excluding hydrogens is 392 g/mol. The molecule has 8 heteroatoms. The van der Waals surface area contributed by atoms with Crippen LogP contribution in [0.3, 0.4) is 0 Å². The highest BCUT2D eigenvalue weighted by atomic mass is 16.3. The van der Waals surface area contributed by atoms with Crippen LogP contribution in [0.5, 0.6) is 0 Å². The van der Waals surface area contributed by atoms with Crippen molar-refractivity contribution in [1.82, 2.24) is 25.1 Å². The lowest BCUT2D eigenvalue weighted by atomic mass is 9.93. The van der Waals surface area contributed by atoms with Crippen LogP contribution in [0.25, 0.3) is 10.9 Å². The molecule has 0 atom stereocenters. The summed E-state index contributed by atoms with van der Waals surface area (Å²) < 4.78 is 1.95. The van der Waals surface area contributed by atoms with Crippen LogP contribution in [-0.2, 0) is 13.1 Å². The van der Waals surface area contributed by atoms with Gasteiger partial charge in [-0.15, -0.1) is 0 Å². The van der Waals surface area contributed by atoms with E-state index in [1.807, 2.05) is 30.7 Å². The van der Waals surface area contributed by atoms with Crippen LogP contribution in [0.4, 0.5) is 5.95 Å². The maximum absolute atomic E-state index is 13.0. The lowest BCUT2D eigenvalue weighted by Crippen LogP contribution is -2.29. The number of aryl methyl sites for hydroxylation is 2. The predicted octanol–water partition coefficient (Wildman–Crippen LogP) is 3.11. The van der Waals surface area contributed by atoms with Gasteiger partial charge in [0.05, 0.1) is 22.9 Å². The van der Waals surface area contributed by atoms with E-state index in [2.05, 4.69) is 32.6 Å². The van der Waals surface area contributed by atoms with E-state index in [0.29, 0.717) is 23.6 Å². The number of para-hydroxylation sites is 1. The quantitative estimate of drug-likeness (QED) is 0.564. The first-order valence-corrected chi connectivity index (χ1v) is 11.0. The van der Waals surface area contributed by atoms with Crippen LogP contribution in [0.1, 0.15) is 59.9 Å². The summed E-state index contributed by atoms with van der Waals surface area (Å²) in [6, 6.07) is 5.79. The number of benzene rings is 1. The number of hydrogen-bond acceptors (Lipinski definition) is 6. The van der Waals surface area contributed by atoms with Crippen LogP contribution < -0.4 is 10.6 Å². The Bertz CT molecular complexity index is 1090. The van der Waals surface area contributed by atoms with Crippen molar-refractivity contribution < 1.29 is 9.90 Å². The van der Waals surface area contributed by atoms with Crippen molar-refractivity contribution in [3.05, 3.63) is 46.9 Å². The monoisotopic (exact) mass is 422 g/mol. The smallest absolute Gasteiger partial charge is 0.253 e.